The standard InChI is InChI=1S/C10H13N6O9P/c11-9-13-6-3(7(17)14-9)12-4-8(16(6)15-20)24-2-1-23-26(21,22)25-5(2)10(4,18)19/h2,4-5,8,12,18-19H,1H2,(H,21,22)(H3,11,13,14,17). The second-order valence-electron chi connectivity index (χ2n) is 5.84. The van der Waals surface area contributed by atoms with Gasteiger partial charge in [-0.15, -0.1) is 4.91 Å². The van der Waals surface area contributed by atoms with E-state index in [-0.39, 0.29) is 17.5 Å². The molecule has 4 rings (SSSR count). The van der Waals surface area contributed by atoms with Crippen LogP contribution in [0.15, 0.2) is 10.1 Å². The highest BCUT2D eigenvalue weighted by Gasteiger charge is 2.63. The van der Waals surface area contributed by atoms with Crippen LogP contribution in [-0.2, 0) is 18.3 Å². The summed E-state index contributed by atoms with van der Waals surface area (Å²) in [6.45, 7) is -0.519. The first-order valence-corrected chi connectivity index (χ1v) is 8.68. The van der Waals surface area contributed by atoms with Crippen molar-refractivity contribution in [3.63, 3.8) is 0 Å². The Bertz CT molecular complexity index is 875. The molecule has 0 amide bonds. The first-order chi connectivity index (χ1) is 12.1. The van der Waals surface area contributed by atoms with E-state index in [4.69, 9.17) is 15.0 Å². The topological polar surface area (TPSA) is 222 Å². The molecular formula is C10H13N6O9P. The molecule has 1 aromatic heterocycles. The Kier molecular flexibility index (Phi) is 3.61. The zero-order chi connectivity index (χ0) is 18.9. The van der Waals surface area contributed by atoms with Crippen molar-refractivity contribution in [3.05, 3.63) is 15.3 Å². The number of aliphatic hydroxyl groups is 2. The number of anilines is 3. The molecule has 0 aliphatic carbocycles. The van der Waals surface area contributed by atoms with Gasteiger partial charge in [-0.3, -0.25) is 18.8 Å². The molecule has 0 aromatic carbocycles. The highest BCUT2D eigenvalue weighted by atomic mass is 31.2. The number of hydrogen-bond donors (Lipinski definition) is 6. The number of ether oxygens (including phenoxy) is 1. The molecule has 15 nitrogen and oxygen atoms in total. The maximum Gasteiger partial charge on any atom is 0.472 e. The predicted molar refractivity (Wildman–Crippen MR) is 81.4 cm³/mol. The summed E-state index contributed by atoms with van der Waals surface area (Å²) in [6, 6.07) is -1.57. The quantitative estimate of drug-likeness (QED) is 0.166. The van der Waals surface area contributed by atoms with Crippen molar-refractivity contribution in [2.45, 2.75) is 30.3 Å². The smallest absolute Gasteiger partial charge is 0.369 e. The lowest BCUT2D eigenvalue weighted by Gasteiger charge is -2.53. The van der Waals surface area contributed by atoms with Crippen LogP contribution in [0.4, 0.5) is 17.5 Å². The van der Waals surface area contributed by atoms with Gasteiger partial charge >= 0.3 is 7.82 Å². The lowest BCUT2D eigenvalue weighted by atomic mass is 9.90. The molecule has 2 saturated heterocycles. The van der Waals surface area contributed by atoms with E-state index in [2.05, 4.69) is 25.1 Å². The van der Waals surface area contributed by atoms with Crippen LogP contribution in [0.25, 0.3) is 0 Å². The number of H-pyrrole nitrogens is 1. The summed E-state index contributed by atoms with van der Waals surface area (Å²) in [7, 11) is -4.53. The van der Waals surface area contributed by atoms with Gasteiger partial charge in [0.1, 0.15) is 17.8 Å². The fourth-order valence-electron chi connectivity index (χ4n) is 3.11. The van der Waals surface area contributed by atoms with E-state index in [1.807, 2.05) is 0 Å². The van der Waals surface area contributed by atoms with Gasteiger partial charge in [0.2, 0.25) is 11.7 Å². The van der Waals surface area contributed by atoms with Gasteiger partial charge in [0.15, 0.2) is 18.1 Å². The van der Waals surface area contributed by atoms with Crippen LogP contribution < -0.4 is 21.6 Å². The van der Waals surface area contributed by atoms with Crippen LogP contribution in [0.2, 0.25) is 0 Å². The maximum atomic E-state index is 12.1. The number of fused-ring (bicyclic) bond motifs is 3. The summed E-state index contributed by atoms with van der Waals surface area (Å²) in [5.74, 6) is -3.44. The minimum atomic E-state index is -4.53. The number of nitrogens with one attached hydrogen (secondary N) is 2. The predicted octanol–water partition coefficient (Wildman–Crippen LogP) is -2.44. The minimum Gasteiger partial charge on any atom is -0.369 e. The highest BCUT2D eigenvalue weighted by molar-refractivity contribution is 7.47. The average Bonchev–Trinajstić information content (AvgIpc) is 2.54. The van der Waals surface area contributed by atoms with Crippen molar-refractivity contribution < 1.29 is 33.5 Å². The number of aromatic amines is 1. The van der Waals surface area contributed by atoms with Gasteiger partial charge in [0.05, 0.1) is 11.9 Å². The van der Waals surface area contributed by atoms with Crippen molar-refractivity contribution in [2.75, 3.05) is 22.7 Å². The van der Waals surface area contributed by atoms with Crippen molar-refractivity contribution in [1.82, 2.24) is 9.97 Å². The SMILES string of the molecule is Nc1nc2c(c(=O)[nH]1)NC1C(OC3COP(=O)(O)OC3C1(O)O)N2N=O. The lowest BCUT2D eigenvalue weighted by molar-refractivity contribution is -0.316. The number of hydrogen-bond acceptors (Lipinski definition) is 12. The van der Waals surface area contributed by atoms with Crippen LogP contribution in [0.5, 0.6) is 0 Å². The van der Waals surface area contributed by atoms with Gasteiger partial charge in [0, 0.05) is 0 Å². The normalized spacial score (nSPS) is 37.7. The van der Waals surface area contributed by atoms with Crippen molar-refractivity contribution >= 4 is 25.3 Å². The molecule has 2 fully saturated rings. The Hall–Kier alpha value is -2.13. The molecule has 0 bridgehead atoms. The van der Waals surface area contributed by atoms with Gasteiger partial charge in [0.25, 0.3) is 5.56 Å². The molecule has 4 heterocycles. The molecule has 0 saturated carbocycles. The lowest BCUT2D eigenvalue weighted by Crippen LogP contribution is -2.74. The number of nitroso groups, excluding NO2 is 1. The summed E-state index contributed by atoms with van der Waals surface area (Å²) in [4.78, 5) is 38.8. The monoisotopic (exact) mass is 392 g/mol. The van der Waals surface area contributed by atoms with Gasteiger partial charge in [-0.05, 0) is 0 Å². The summed E-state index contributed by atoms with van der Waals surface area (Å²) in [5, 5.41) is 26.9. The molecule has 3 aliphatic rings. The van der Waals surface area contributed by atoms with Crippen molar-refractivity contribution in [2.24, 2.45) is 5.29 Å². The zero-order valence-electron chi connectivity index (χ0n) is 12.7. The highest BCUT2D eigenvalue weighted by Crippen LogP contribution is 2.53. The molecule has 5 unspecified atom stereocenters. The van der Waals surface area contributed by atoms with Crippen molar-refractivity contribution in [3.8, 4) is 0 Å². The largest absolute Gasteiger partial charge is 0.472 e. The number of phosphoric ester groups is 1. The maximum absolute atomic E-state index is 12.1. The zero-order valence-corrected chi connectivity index (χ0v) is 13.6. The Morgan fingerprint density at radius 3 is 2.88 bits per heavy atom. The molecule has 5 atom stereocenters. The number of nitrogens with zero attached hydrogens (tertiary/aromatic N) is 3. The molecule has 3 aliphatic heterocycles. The summed E-state index contributed by atoms with van der Waals surface area (Å²) in [5.41, 5.74) is 4.32. The van der Waals surface area contributed by atoms with E-state index in [1.165, 1.54) is 0 Å². The fourth-order valence-corrected chi connectivity index (χ4v) is 4.09. The summed E-state index contributed by atoms with van der Waals surface area (Å²) < 4.78 is 26.5. The number of aromatic nitrogens is 2. The fraction of sp³-hybridized carbons (Fsp3) is 0.600. The Morgan fingerprint density at radius 2 is 2.19 bits per heavy atom. The van der Waals surface area contributed by atoms with Crippen LogP contribution in [0.3, 0.4) is 0 Å². The first kappa shape index (κ1) is 17.3. The number of rotatable bonds is 1. The van der Waals surface area contributed by atoms with E-state index in [1.54, 1.807) is 0 Å². The van der Waals surface area contributed by atoms with Gasteiger partial charge < -0.3 is 30.9 Å². The van der Waals surface area contributed by atoms with E-state index in [9.17, 15) is 29.4 Å². The Balaban J connectivity index is 1.81. The van der Waals surface area contributed by atoms with E-state index >= 15 is 0 Å². The second kappa shape index (κ2) is 5.43. The number of nitrogens with two attached hydrogens (primary N) is 1. The molecular weight excluding hydrogens is 379 g/mol. The summed E-state index contributed by atoms with van der Waals surface area (Å²) in [6.07, 6.45) is -4.39. The van der Waals surface area contributed by atoms with Crippen molar-refractivity contribution in [1.29, 1.82) is 0 Å². The number of nitrogen functional groups attached to an aromatic ring is 1. The van der Waals surface area contributed by atoms with Crippen LogP contribution >= 0.6 is 7.82 Å². The third-order valence-electron chi connectivity index (χ3n) is 4.23. The molecule has 142 valence electrons. The van der Waals surface area contributed by atoms with Crippen LogP contribution in [0, 0.1) is 4.91 Å². The van der Waals surface area contributed by atoms with E-state index < -0.39 is 50.3 Å². The molecule has 16 heteroatoms. The second-order valence-corrected chi connectivity index (χ2v) is 7.24. The third kappa shape index (κ3) is 2.41. The van der Waals surface area contributed by atoms with E-state index in [0.717, 1.165) is 0 Å². The first-order valence-electron chi connectivity index (χ1n) is 7.19. The molecule has 1 aromatic rings. The summed E-state index contributed by atoms with van der Waals surface area (Å²) >= 11 is 0. The van der Waals surface area contributed by atoms with Crippen LogP contribution in [-0.4, -0.2) is 61.9 Å². The Labute approximate surface area is 143 Å². The molecule has 0 radical (unpaired) electrons. The number of phosphoric acid groups is 1. The third-order valence-corrected chi connectivity index (χ3v) is 5.20. The molecule has 7 N–H and O–H groups in total. The van der Waals surface area contributed by atoms with Gasteiger partial charge in [-0.25, -0.2) is 4.57 Å². The van der Waals surface area contributed by atoms with Crippen LogP contribution in [0.1, 0.15) is 0 Å². The minimum absolute atomic E-state index is 0.290. The molecule has 26 heavy (non-hydrogen) atoms. The Morgan fingerprint density at radius 1 is 1.46 bits per heavy atom. The van der Waals surface area contributed by atoms with Gasteiger partial charge in [-0.1, -0.05) is 0 Å². The average molecular weight is 392 g/mol. The molecule has 0 spiro atoms. The van der Waals surface area contributed by atoms with Gasteiger partial charge in [-0.2, -0.15) is 9.99 Å². The van der Waals surface area contributed by atoms with E-state index in [0.29, 0.717) is 5.01 Å².